The maximum atomic E-state index is 13.0. The molecule has 11 heteroatoms. The van der Waals surface area contributed by atoms with E-state index in [4.69, 9.17) is 0 Å². The first kappa shape index (κ1) is 24.3. The molecular formula is C26H24N6O4S. The number of hydrogen-bond donors (Lipinski definition) is 3. The summed E-state index contributed by atoms with van der Waals surface area (Å²) in [7, 11) is -4.11. The molecule has 0 bridgehead atoms. The largest absolute Gasteiger partial charge is 0.480 e. The first-order valence-corrected chi connectivity index (χ1v) is 13.0. The van der Waals surface area contributed by atoms with E-state index in [0.29, 0.717) is 17.0 Å². The number of nitrogens with one attached hydrogen (secondary N) is 2. The predicted octanol–water partition coefficient (Wildman–Crippen LogP) is 3.40. The van der Waals surface area contributed by atoms with Crippen LogP contribution in [0.3, 0.4) is 0 Å². The van der Waals surface area contributed by atoms with Crippen molar-refractivity contribution >= 4 is 26.9 Å². The van der Waals surface area contributed by atoms with E-state index in [9.17, 15) is 18.3 Å². The molecule has 37 heavy (non-hydrogen) atoms. The number of aryl methyl sites for hydroxylation is 2. The van der Waals surface area contributed by atoms with Crippen molar-refractivity contribution < 1.29 is 18.3 Å². The fraction of sp³-hybridized carbons (Fsp3) is 0.154. The molecule has 0 saturated heterocycles. The Labute approximate surface area is 213 Å². The number of carboxylic acids is 1. The highest BCUT2D eigenvalue weighted by molar-refractivity contribution is 7.89. The van der Waals surface area contributed by atoms with E-state index in [2.05, 4.69) is 25.1 Å². The molecule has 0 saturated carbocycles. The number of carboxylic acid groups (broad SMARTS) is 1. The highest BCUT2D eigenvalue weighted by Crippen LogP contribution is 2.22. The molecule has 0 radical (unpaired) electrons. The predicted molar refractivity (Wildman–Crippen MR) is 138 cm³/mol. The highest BCUT2D eigenvalue weighted by atomic mass is 32.2. The quantitative estimate of drug-likeness (QED) is 0.287. The number of nitrogens with zero attached hydrogens (tertiary/aromatic N) is 4. The lowest BCUT2D eigenvalue weighted by atomic mass is 10.0. The van der Waals surface area contributed by atoms with Gasteiger partial charge in [0.05, 0.1) is 10.6 Å². The molecule has 3 N–H and O–H groups in total. The summed E-state index contributed by atoms with van der Waals surface area (Å²) in [5.41, 5.74) is 5.02. The third-order valence-corrected chi connectivity index (χ3v) is 7.53. The maximum absolute atomic E-state index is 13.0. The van der Waals surface area contributed by atoms with E-state index >= 15 is 0 Å². The van der Waals surface area contributed by atoms with Gasteiger partial charge in [0.15, 0.2) is 0 Å². The number of H-pyrrole nitrogens is 1. The molecule has 0 spiro atoms. The average molecular weight is 517 g/mol. The second-order valence-electron chi connectivity index (χ2n) is 8.84. The van der Waals surface area contributed by atoms with Crippen LogP contribution in [0.2, 0.25) is 0 Å². The van der Waals surface area contributed by atoms with Crippen LogP contribution in [0.4, 0.5) is 0 Å². The van der Waals surface area contributed by atoms with Crippen LogP contribution in [0, 0.1) is 13.8 Å². The molecular weight excluding hydrogens is 492 g/mol. The lowest BCUT2D eigenvalue weighted by molar-refractivity contribution is -0.138. The van der Waals surface area contributed by atoms with Gasteiger partial charge >= 0.3 is 5.97 Å². The second-order valence-corrected chi connectivity index (χ2v) is 10.6. The van der Waals surface area contributed by atoms with Crippen LogP contribution >= 0.6 is 0 Å². The van der Waals surface area contributed by atoms with E-state index in [0.717, 1.165) is 27.7 Å². The molecule has 0 amide bonds. The molecule has 0 aliphatic rings. The maximum Gasteiger partial charge on any atom is 0.322 e. The summed E-state index contributed by atoms with van der Waals surface area (Å²) in [5.74, 6) is -0.936. The number of hydrogen-bond acceptors (Lipinski definition) is 6. The summed E-state index contributed by atoms with van der Waals surface area (Å²) >= 11 is 0. The molecule has 0 aliphatic heterocycles. The van der Waals surface area contributed by atoms with Gasteiger partial charge in [-0.2, -0.15) is 4.72 Å². The van der Waals surface area contributed by atoms with Crippen LogP contribution in [0.1, 0.15) is 16.7 Å². The summed E-state index contributed by atoms with van der Waals surface area (Å²) in [4.78, 5) is 16.4. The van der Waals surface area contributed by atoms with Crippen LogP contribution in [-0.4, -0.2) is 50.7 Å². The number of aliphatic carboxylic acids is 1. The molecule has 0 fully saturated rings. The van der Waals surface area contributed by atoms with E-state index in [1.54, 1.807) is 18.3 Å². The number of fused-ring (bicyclic) bond motifs is 1. The van der Waals surface area contributed by atoms with E-state index in [1.807, 2.05) is 56.3 Å². The van der Waals surface area contributed by atoms with Crippen LogP contribution in [0.25, 0.3) is 28.0 Å². The Morgan fingerprint density at radius 2 is 1.73 bits per heavy atom. The Morgan fingerprint density at radius 1 is 1.03 bits per heavy atom. The summed E-state index contributed by atoms with van der Waals surface area (Å²) in [6, 6.07) is 18.0. The molecule has 3 aromatic carbocycles. The molecule has 5 aromatic rings. The normalized spacial score (nSPS) is 12.6. The van der Waals surface area contributed by atoms with Crippen molar-refractivity contribution in [1.29, 1.82) is 0 Å². The van der Waals surface area contributed by atoms with Gasteiger partial charge in [-0.3, -0.25) is 4.79 Å². The second kappa shape index (κ2) is 9.60. The molecule has 2 heterocycles. The van der Waals surface area contributed by atoms with Crippen LogP contribution in [0.5, 0.6) is 0 Å². The number of aromatic amines is 1. The van der Waals surface area contributed by atoms with Gasteiger partial charge in [0, 0.05) is 29.1 Å². The molecule has 5 rings (SSSR count). The molecule has 2 aromatic heterocycles. The Kier molecular flexibility index (Phi) is 6.32. The fourth-order valence-corrected chi connectivity index (χ4v) is 5.21. The molecule has 188 valence electrons. The van der Waals surface area contributed by atoms with Gasteiger partial charge in [-0.05, 0) is 73.2 Å². The molecule has 10 nitrogen and oxygen atoms in total. The smallest absolute Gasteiger partial charge is 0.322 e. The van der Waals surface area contributed by atoms with Gasteiger partial charge in [-0.1, -0.05) is 29.3 Å². The summed E-state index contributed by atoms with van der Waals surface area (Å²) < 4.78 is 28.4. The van der Waals surface area contributed by atoms with Gasteiger partial charge in [0.1, 0.15) is 6.04 Å². The number of benzene rings is 3. The van der Waals surface area contributed by atoms with Crippen LogP contribution in [-0.2, 0) is 21.2 Å². The third-order valence-electron chi connectivity index (χ3n) is 6.04. The van der Waals surface area contributed by atoms with Crippen molar-refractivity contribution in [3.63, 3.8) is 0 Å². The zero-order valence-electron chi connectivity index (χ0n) is 20.1. The summed E-state index contributed by atoms with van der Waals surface area (Å²) in [6.07, 6.45) is 1.70. The van der Waals surface area contributed by atoms with Crippen molar-refractivity contribution in [2.75, 3.05) is 0 Å². The minimum Gasteiger partial charge on any atom is -0.480 e. The Bertz CT molecular complexity index is 1690. The lowest BCUT2D eigenvalue weighted by Crippen LogP contribution is -2.42. The first-order chi connectivity index (χ1) is 17.7. The van der Waals surface area contributed by atoms with Crippen LogP contribution in [0.15, 0.2) is 77.8 Å². The zero-order chi connectivity index (χ0) is 26.2. The van der Waals surface area contributed by atoms with Crippen LogP contribution < -0.4 is 4.72 Å². The summed E-state index contributed by atoms with van der Waals surface area (Å²) in [6.45, 7) is 3.92. The van der Waals surface area contributed by atoms with Crippen molar-refractivity contribution in [1.82, 2.24) is 29.9 Å². The highest BCUT2D eigenvalue weighted by Gasteiger charge is 2.27. The van der Waals surface area contributed by atoms with Gasteiger partial charge in [-0.15, -0.1) is 15.0 Å². The van der Waals surface area contributed by atoms with Crippen molar-refractivity contribution in [3.05, 3.63) is 89.6 Å². The average Bonchev–Trinajstić information content (AvgIpc) is 3.52. The number of carbonyl (C=O) groups is 1. The SMILES string of the molecule is Cc1ccc(-n2nnc(-c3ccc(S(=O)(=O)NC(Cc4c[nH]c5ccc(C)cc45)C(=O)O)cc3)n2)cc1. The molecule has 1 unspecified atom stereocenters. The number of aromatic nitrogens is 5. The van der Waals surface area contributed by atoms with E-state index in [1.165, 1.54) is 16.9 Å². The molecule has 0 aliphatic carbocycles. The topological polar surface area (TPSA) is 143 Å². The van der Waals surface area contributed by atoms with E-state index < -0.39 is 22.0 Å². The number of tetrazole rings is 1. The number of sulfonamides is 1. The Hall–Kier alpha value is -4.35. The van der Waals surface area contributed by atoms with Gasteiger partial charge in [0.25, 0.3) is 0 Å². The van der Waals surface area contributed by atoms with Crippen molar-refractivity contribution in [3.8, 4) is 17.1 Å². The van der Waals surface area contributed by atoms with Gasteiger partial charge < -0.3 is 10.1 Å². The van der Waals surface area contributed by atoms with Gasteiger partial charge in [0.2, 0.25) is 15.8 Å². The summed E-state index contributed by atoms with van der Waals surface area (Å²) in [5, 5.41) is 23.1. The standard InChI is InChI=1S/C26H24N6O4S/c1-16-3-8-20(9-4-16)32-29-25(28-31-32)18-6-10-21(11-7-18)37(35,36)30-24(26(33)34)14-19-15-27-23-12-5-17(2)13-22(19)23/h3-13,15,24,27,30H,14H2,1-2H3,(H,33,34). The monoisotopic (exact) mass is 516 g/mol. The number of rotatable bonds is 8. The van der Waals surface area contributed by atoms with Crippen molar-refractivity contribution in [2.45, 2.75) is 31.2 Å². The van der Waals surface area contributed by atoms with Gasteiger partial charge in [-0.25, -0.2) is 8.42 Å². The van der Waals surface area contributed by atoms with Crippen molar-refractivity contribution in [2.24, 2.45) is 0 Å². The zero-order valence-corrected chi connectivity index (χ0v) is 20.9. The minimum absolute atomic E-state index is 0.0118. The lowest BCUT2D eigenvalue weighted by Gasteiger charge is -2.15. The Morgan fingerprint density at radius 3 is 2.43 bits per heavy atom. The fourth-order valence-electron chi connectivity index (χ4n) is 4.02. The first-order valence-electron chi connectivity index (χ1n) is 11.5. The molecule has 1 atom stereocenters. The minimum atomic E-state index is -4.11. The van der Waals surface area contributed by atoms with E-state index in [-0.39, 0.29) is 11.3 Å². The Balaban J connectivity index is 1.34. The third kappa shape index (κ3) is 5.13.